The van der Waals surface area contributed by atoms with Crippen molar-refractivity contribution in [3.63, 3.8) is 0 Å². The average Bonchev–Trinajstić information content (AvgIpc) is 2.91. The molecule has 4 N–H and O–H groups in total. The maximum Gasteiger partial charge on any atom is 0.262 e. The van der Waals surface area contributed by atoms with Crippen LogP contribution in [0.4, 0.5) is 5.69 Å². The van der Waals surface area contributed by atoms with Crippen molar-refractivity contribution in [1.29, 1.82) is 0 Å². The largest absolute Gasteiger partial charge is 0.379 e. The van der Waals surface area contributed by atoms with Gasteiger partial charge in [-0.2, -0.15) is 0 Å². The second kappa shape index (κ2) is 6.52. The number of piperidine rings is 2. The lowest BCUT2D eigenvalue weighted by molar-refractivity contribution is -0.0413. The van der Waals surface area contributed by atoms with E-state index in [9.17, 15) is 19.8 Å². The summed E-state index contributed by atoms with van der Waals surface area (Å²) in [6, 6.07) is 4.80. The Kier molecular flexibility index (Phi) is 4.20. The molecule has 28 heavy (non-hydrogen) atoms. The summed E-state index contributed by atoms with van der Waals surface area (Å²) in [6.45, 7) is 4.10. The van der Waals surface area contributed by atoms with Gasteiger partial charge in [0.25, 0.3) is 11.8 Å². The molecule has 0 aromatic heterocycles. The van der Waals surface area contributed by atoms with Gasteiger partial charge in [-0.3, -0.25) is 19.8 Å². The fraction of sp³-hybridized carbons (Fsp3) is 0.600. The Bertz CT molecular complexity index is 814. The zero-order valence-electron chi connectivity index (χ0n) is 15.7. The highest BCUT2D eigenvalue weighted by molar-refractivity contribution is 6.22. The van der Waals surface area contributed by atoms with E-state index in [2.05, 4.69) is 15.5 Å². The normalized spacial score (nSPS) is 31.9. The molecule has 0 radical (unpaired) electrons. The Morgan fingerprint density at radius 2 is 1.71 bits per heavy atom. The number of carbonyl (C=O) groups excluding carboxylic acids is 2. The summed E-state index contributed by atoms with van der Waals surface area (Å²) in [7, 11) is 0. The second-order valence-corrected chi connectivity index (χ2v) is 8.59. The van der Waals surface area contributed by atoms with Crippen molar-refractivity contribution in [2.75, 3.05) is 31.1 Å². The number of aliphatic hydroxyl groups excluding tert-OH is 2. The number of benzene rings is 1. The van der Waals surface area contributed by atoms with E-state index in [4.69, 9.17) is 0 Å². The van der Waals surface area contributed by atoms with E-state index >= 15 is 0 Å². The van der Waals surface area contributed by atoms with Crippen LogP contribution in [0.1, 0.15) is 46.4 Å². The van der Waals surface area contributed by atoms with Crippen LogP contribution in [0.5, 0.6) is 0 Å². The van der Waals surface area contributed by atoms with Crippen LogP contribution in [0.15, 0.2) is 18.2 Å². The van der Waals surface area contributed by atoms with Crippen LogP contribution in [-0.2, 0) is 0 Å². The van der Waals surface area contributed by atoms with Gasteiger partial charge in [-0.15, -0.1) is 0 Å². The van der Waals surface area contributed by atoms with Crippen molar-refractivity contribution >= 4 is 17.5 Å². The molecule has 4 aliphatic heterocycles. The van der Waals surface area contributed by atoms with Gasteiger partial charge >= 0.3 is 0 Å². The maximum atomic E-state index is 13.0. The molecule has 0 saturated carbocycles. The molecular formula is C20H26N4O4. The van der Waals surface area contributed by atoms with Gasteiger partial charge in [-0.1, -0.05) is 0 Å². The molecule has 0 aliphatic carbocycles. The highest BCUT2D eigenvalue weighted by atomic mass is 16.3. The zero-order chi connectivity index (χ0) is 19.5. The first kappa shape index (κ1) is 18.1. The summed E-state index contributed by atoms with van der Waals surface area (Å²) in [5.41, 5.74) is 2.16. The molecule has 8 heteroatoms. The van der Waals surface area contributed by atoms with Gasteiger partial charge in [0.1, 0.15) is 12.5 Å². The van der Waals surface area contributed by atoms with Crippen molar-refractivity contribution in [1.82, 2.24) is 15.5 Å². The number of hydrogen-bond acceptors (Lipinski definition) is 7. The molecule has 3 fully saturated rings. The maximum absolute atomic E-state index is 13.0. The molecule has 3 saturated heterocycles. The fourth-order valence-corrected chi connectivity index (χ4v) is 5.11. The third-order valence-corrected chi connectivity index (χ3v) is 6.78. The molecule has 4 aliphatic rings. The van der Waals surface area contributed by atoms with Gasteiger partial charge < -0.3 is 20.4 Å². The van der Waals surface area contributed by atoms with Crippen molar-refractivity contribution in [3.05, 3.63) is 29.3 Å². The molecule has 3 unspecified atom stereocenters. The lowest BCUT2D eigenvalue weighted by Crippen LogP contribution is -2.60. The molecule has 8 nitrogen and oxygen atoms in total. The van der Waals surface area contributed by atoms with Crippen LogP contribution in [0.2, 0.25) is 0 Å². The lowest BCUT2D eigenvalue weighted by Gasteiger charge is -2.53. The van der Waals surface area contributed by atoms with E-state index in [1.807, 2.05) is 12.1 Å². The Labute approximate surface area is 163 Å². The summed E-state index contributed by atoms with van der Waals surface area (Å²) < 4.78 is 0. The lowest BCUT2D eigenvalue weighted by atomic mass is 9.72. The Morgan fingerprint density at radius 1 is 1.00 bits per heavy atom. The number of carbonyl (C=O) groups is 2. The predicted octanol–water partition coefficient (Wildman–Crippen LogP) is -0.139. The molecule has 0 bridgehead atoms. The van der Waals surface area contributed by atoms with Crippen LogP contribution in [0, 0.1) is 5.41 Å². The Balaban J connectivity index is 1.35. The molecule has 1 spiro atoms. The number of amides is 2. The van der Waals surface area contributed by atoms with Crippen molar-refractivity contribution in [3.8, 4) is 0 Å². The number of rotatable bonds is 2. The summed E-state index contributed by atoms with van der Waals surface area (Å²) >= 11 is 0. The molecule has 4 heterocycles. The van der Waals surface area contributed by atoms with E-state index in [1.165, 1.54) is 12.8 Å². The average molecular weight is 386 g/mol. The molecular weight excluding hydrogens is 360 g/mol. The highest BCUT2D eigenvalue weighted by Crippen LogP contribution is 2.42. The van der Waals surface area contributed by atoms with E-state index in [0.29, 0.717) is 29.4 Å². The second-order valence-electron chi connectivity index (χ2n) is 8.59. The van der Waals surface area contributed by atoms with Crippen molar-refractivity contribution in [2.45, 2.75) is 44.2 Å². The van der Waals surface area contributed by atoms with E-state index in [-0.39, 0.29) is 11.8 Å². The SMILES string of the molecule is O=C1c2ccc(N3CC4(CCNCC4)C3)cc2C(=O)N1C1CCC(O)NC1O. The van der Waals surface area contributed by atoms with E-state index in [0.717, 1.165) is 36.8 Å². The van der Waals surface area contributed by atoms with Gasteiger partial charge in [0.15, 0.2) is 0 Å². The molecule has 1 aromatic carbocycles. The van der Waals surface area contributed by atoms with Gasteiger partial charge in [-0.25, -0.2) is 0 Å². The Morgan fingerprint density at radius 3 is 2.43 bits per heavy atom. The number of aliphatic hydroxyl groups is 2. The van der Waals surface area contributed by atoms with Gasteiger partial charge in [0.05, 0.1) is 17.2 Å². The monoisotopic (exact) mass is 386 g/mol. The van der Waals surface area contributed by atoms with E-state index in [1.54, 1.807) is 6.07 Å². The van der Waals surface area contributed by atoms with Gasteiger partial charge in [0, 0.05) is 24.2 Å². The number of hydrogen-bond donors (Lipinski definition) is 4. The smallest absolute Gasteiger partial charge is 0.262 e. The topological polar surface area (TPSA) is 105 Å². The Hall–Kier alpha value is -2.00. The highest BCUT2D eigenvalue weighted by Gasteiger charge is 2.46. The number of fused-ring (bicyclic) bond motifs is 1. The minimum atomic E-state index is -1.12. The number of anilines is 1. The van der Waals surface area contributed by atoms with Crippen LogP contribution in [0.25, 0.3) is 0 Å². The van der Waals surface area contributed by atoms with Crippen LogP contribution in [0.3, 0.4) is 0 Å². The molecule has 2 amide bonds. The fourth-order valence-electron chi connectivity index (χ4n) is 5.11. The van der Waals surface area contributed by atoms with Crippen molar-refractivity contribution < 1.29 is 19.8 Å². The third-order valence-electron chi connectivity index (χ3n) is 6.78. The quantitative estimate of drug-likeness (QED) is 0.525. The number of imide groups is 1. The molecule has 1 aromatic rings. The summed E-state index contributed by atoms with van der Waals surface area (Å²) in [5, 5.41) is 25.8. The molecule has 150 valence electrons. The first-order chi connectivity index (χ1) is 13.5. The number of nitrogens with zero attached hydrogens (tertiary/aromatic N) is 2. The summed E-state index contributed by atoms with van der Waals surface area (Å²) in [4.78, 5) is 29.2. The van der Waals surface area contributed by atoms with Crippen LogP contribution in [-0.4, -0.2) is 71.6 Å². The molecule has 5 rings (SSSR count). The van der Waals surface area contributed by atoms with Gasteiger partial charge in [-0.05, 0) is 57.0 Å². The van der Waals surface area contributed by atoms with E-state index < -0.39 is 18.5 Å². The van der Waals surface area contributed by atoms with Gasteiger partial charge in [0.2, 0.25) is 0 Å². The first-order valence-electron chi connectivity index (χ1n) is 10.1. The molecule has 3 atom stereocenters. The van der Waals surface area contributed by atoms with Crippen LogP contribution >= 0.6 is 0 Å². The summed E-state index contributed by atoms with van der Waals surface area (Å²) in [6.07, 6.45) is 1.17. The first-order valence-corrected chi connectivity index (χ1v) is 10.1. The van der Waals surface area contributed by atoms with Crippen molar-refractivity contribution in [2.24, 2.45) is 5.41 Å². The zero-order valence-corrected chi connectivity index (χ0v) is 15.7. The predicted molar refractivity (Wildman–Crippen MR) is 102 cm³/mol. The minimum absolute atomic E-state index is 0.360. The van der Waals surface area contributed by atoms with Crippen LogP contribution < -0.4 is 15.5 Å². The summed E-state index contributed by atoms with van der Waals surface area (Å²) in [5.74, 6) is -0.728. The third kappa shape index (κ3) is 2.75. The number of nitrogens with one attached hydrogen (secondary N) is 2. The minimum Gasteiger partial charge on any atom is -0.379 e. The standard InChI is InChI=1S/C20H26N4O4/c25-16-4-3-15(17(26)22-16)24-18(27)13-2-1-12(9-14(13)19(24)28)23-10-20(11-23)5-7-21-8-6-20/h1-2,9,15-17,21-22,25-26H,3-8,10-11H2.